The second kappa shape index (κ2) is 6.85. The summed E-state index contributed by atoms with van der Waals surface area (Å²) in [5, 5.41) is 15.1. The van der Waals surface area contributed by atoms with Crippen molar-refractivity contribution in [2.24, 2.45) is 0 Å². The zero-order valence-corrected chi connectivity index (χ0v) is 15.3. The van der Waals surface area contributed by atoms with Gasteiger partial charge in [0.15, 0.2) is 0 Å². The highest BCUT2D eigenvalue weighted by Crippen LogP contribution is 2.20. The van der Waals surface area contributed by atoms with E-state index in [2.05, 4.69) is 5.10 Å². The normalized spacial score (nSPS) is 12.4. The van der Waals surface area contributed by atoms with Crippen molar-refractivity contribution in [1.29, 1.82) is 0 Å². The van der Waals surface area contributed by atoms with Crippen molar-refractivity contribution in [3.8, 4) is 11.3 Å². The third-order valence-corrected chi connectivity index (χ3v) is 4.96. The maximum atomic E-state index is 12.9. The quantitative estimate of drug-likeness (QED) is 0.607. The zero-order chi connectivity index (χ0) is 19.0. The van der Waals surface area contributed by atoms with E-state index in [0.29, 0.717) is 5.52 Å². The van der Waals surface area contributed by atoms with Gasteiger partial charge in [-0.05, 0) is 36.6 Å². The SMILES string of the molecule is Cc1ccc([C@@H](O)Cn2ccn3nc(-c4ccccc4)cc3c2=O)cc1C. The van der Waals surface area contributed by atoms with E-state index in [1.807, 2.05) is 62.4 Å². The van der Waals surface area contributed by atoms with E-state index in [4.69, 9.17) is 0 Å². The van der Waals surface area contributed by atoms with Crippen molar-refractivity contribution in [1.82, 2.24) is 14.2 Å². The third-order valence-electron chi connectivity index (χ3n) is 4.96. The summed E-state index contributed by atoms with van der Waals surface area (Å²) in [4.78, 5) is 12.9. The molecule has 0 bridgehead atoms. The number of aliphatic hydroxyl groups is 1. The fraction of sp³-hybridized carbons (Fsp3) is 0.182. The van der Waals surface area contributed by atoms with Gasteiger partial charge in [-0.3, -0.25) is 4.79 Å². The predicted molar refractivity (Wildman–Crippen MR) is 106 cm³/mol. The highest BCUT2D eigenvalue weighted by molar-refractivity contribution is 5.65. The molecule has 136 valence electrons. The average molecular weight is 359 g/mol. The highest BCUT2D eigenvalue weighted by atomic mass is 16.3. The van der Waals surface area contributed by atoms with Crippen molar-refractivity contribution in [2.75, 3.05) is 0 Å². The van der Waals surface area contributed by atoms with E-state index in [9.17, 15) is 9.90 Å². The van der Waals surface area contributed by atoms with Gasteiger partial charge >= 0.3 is 0 Å². The maximum absolute atomic E-state index is 12.9. The summed E-state index contributed by atoms with van der Waals surface area (Å²) >= 11 is 0. The summed E-state index contributed by atoms with van der Waals surface area (Å²) in [6.07, 6.45) is 2.67. The first kappa shape index (κ1) is 17.2. The number of aliphatic hydroxyl groups excluding tert-OH is 1. The fourth-order valence-electron chi connectivity index (χ4n) is 3.18. The van der Waals surface area contributed by atoms with Gasteiger partial charge in [0.2, 0.25) is 0 Å². The van der Waals surface area contributed by atoms with Crippen molar-refractivity contribution in [3.05, 3.63) is 94.0 Å². The lowest BCUT2D eigenvalue weighted by Crippen LogP contribution is -2.24. The lowest BCUT2D eigenvalue weighted by atomic mass is 10.0. The van der Waals surface area contributed by atoms with Gasteiger partial charge < -0.3 is 9.67 Å². The second-order valence-electron chi connectivity index (χ2n) is 6.84. The molecular formula is C22H21N3O2. The lowest BCUT2D eigenvalue weighted by molar-refractivity contribution is 0.155. The number of fused-ring (bicyclic) bond motifs is 1. The van der Waals surface area contributed by atoms with E-state index < -0.39 is 6.10 Å². The summed E-state index contributed by atoms with van der Waals surface area (Å²) in [6.45, 7) is 4.25. The van der Waals surface area contributed by atoms with Crippen LogP contribution in [-0.2, 0) is 6.54 Å². The number of nitrogens with zero attached hydrogens (tertiary/aromatic N) is 3. The van der Waals surface area contributed by atoms with Crippen molar-refractivity contribution < 1.29 is 5.11 Å². The molecule has 0 radical (unpaired) electrons. The first-order valence-electron chi connectivity index (χ1n) is 8.92. The van der Waals surface area contributed by atoms with Crippen LogP contribution in [0.25, 0.3) is 16.8 Å². The zero-order valence-electron chi connectivity index (χ0n) is 15.3. The van der Waals surface area contributed by atoms with Crippen molar-refractivity contribution in [2.45, 2.75) is 26.5 Å². The Bertz CT molecular complexity index is 1160. The molecule has 0 aliphatic rings. The smallest absolute Gasteiger partial charge is 0.276 e. The average Bonchev–Trinajstić information content (AvgIpc) is 3.12. The molecule has 1 atom stereocenters. The Kier molecular flexibility index (Phi) is 4.38. The van der Waals surface area contributed by atoms with Crippen molar-refractivity contribution >= 4 is 5.52 Å². The van der Waals surface area contributed by atoms with Crippen molar-refractivity contribution in [3.63, 3.8) is 0 Å². The van der Waals surface area contributed by atoms with Crippen LogP contribution in [-0.4, -0.2) is 19.3 Å². The third kappa shape index (κ3) is 3.29. The molecule has 0 aliphatic carbocycles. The first-order chi connectivity index (χ1) is 13.0. The standard InChI is InChI=1S/C22H21N3O2/c1-15-8-9-18(12-16(15)2)21(26)14-24-10-11-25-20(22(24)27)13-19(23-25)17-6-4-3-5-7-17/h3-13,21,26H,14H2,1-2H3/t21-/m0/s1. The summed E-state index contributed by atoms with van der Waals surface area (Å²) < 4.78 is 3.12. The molecular weight excluding hydrogens is 338 g/mol. The van der Waals surface area contributed by atoms with Crippen LogP contribution in [0.15, 0.2) is 71.8 Å². The number of aryl methyl sites for hydroxylation is 2. The number of aromatic nitrogens is 3. The fourth-order valence-corrected chi connectivity index (χ4v) is 3.18. The molecule has 27 heavy (non-hydrogen) atoms. The van der Waals surface area contributed by atoms with Crippen LogP contribution in [0.1, 0.15) is 22.8 Å². The predicted octanol–water partition coefficient (Wildman–Crippen LogP) is 3.51. The van der Waals surface area contributed by atoms with E-state index in [1.165, 1.54) is 10.1 Å². The molecule has 5 nitrogen and oxygen atoms in total. The monoisotopic (exact) mass is 359 g/mol. The minimum atomic E-state index is -0.749. The molecule has 2 heterocycles. The van der Waals surface area contributed by atoms with Gasteiger partial charge in [-0.2, -0.15) is 5.10 Å². The largest absolute Gasteiger partial charge is 0.387 e. The second-order valence-corrected chi connectivity index (χ2v) is 6.84. The Labute approximate surface area is 157 Å². The highest BCUT2D eigenvalue weighted by Gasteiger charge is 2.13. The van der Waals surface area contributed by atoms with Gasteiger partial charge in [-0.25, -0.2) is 4.52 Å². The lowest BCUT2D eigenvalue weighted by Gasteiger charge is -2.14. The summed E-state index contributed by atoms with van der Waals surface area (Å²) in [5.74, 6) is 0. The van der Waals surface area contributed by atoms with Gasteiger partial charge in [-0.1, -0.05) is 48.5 Å². The van der Waals surface area contributed by atoms with Crippen LogP contribution in [0, 0.1) is 13.8 Å². The molecule has 0 spiro atoms. The minimum Gasteiger partial charge on any atom is -0.387 e. The molecule has 5 heteroatoms. The number of benzene rings is 2. The molecule has 0 fully saturated rings. The van der Waals surface area contributed by atoms with Gasteiger partial charge in [0, 0.05) is 18.0 Å². The van der Waals surface area contributed by atoms with Crippen LogP contribution >= 0.6 is 0 Å². The first-order valence-corrected chi connectivity index (χ1v) is 8.92. The van der Waals surface area contributed by atoms with E-state index in [-0.39, 0.29) is 12.1 Å². The Hall–Kier alpha value is -3.18. The molecule has 4 aromatic rings. The molecule has 2 aromatic heterocycles. The Balaban J connectivity index is 1.67. The minimum absolute atomic E-state index is 0.171. The summed E-state index contributed by atoms with van der Waals surface area (Å²) in [7, 11) is 0. The van der Waals surface area contributed by atoms with E-state index >= 15 is 0 Å². The number of hydrogen-bond donors (Lipinski definition) is 1. The van der Waals surface area contributed by atoms with Crippen LogP contribution in [0.2, 0.25) is 0 Å². The van der Waals surface area contributed by atoms with Gasteiger partial charge in [0.25, 0.3) is 5.56 Å². The van der Waals surface area contributed by atoms with Gasteiger partial charge in [0.1, 0.15) is 5.52 Å². The summed E-state index contributed by atoms with van der Waals surface area (Å²) in [6, 6.07) is 17.4. The van der Waals surface area contributed by atoms with Crippen LogP contribution in [0.3, 0.4) is 0 Å². The molecule has 2 aromatic carbocycles. The Morgan fingerprint density at radius 1 is 1.00 bits per heavy atom. The van der Waals surface area contributed by atoms with Gasteiger partial charge in [-0.15, -0.1) is 0 Å². The molecule has 4 rings (SSSR count). The van der Waals surface area contributed by atoms with Crippen LogP contribution in [0.5, 0.6) is 0 Å². The molecule has 0 amide bonds. The Morgan fingerprint density at radius 3 is 2.52 bits per heavy atom. The molecule has 1 N–H and O–H groups in total. The summed E-state index contributed by atoms with van der Waals surface area (Å²) in [5.41, 5.74) is 5.14. The van der Waals surface area contributed by atoms with Crippen LogP contribution < -0.4 is 5.56 Å². The molecule has 0 unspecified atom stereocenters. The Morgan fingerprint density at radius 2 is 1.78 bits per heavy atom. The molecule has 0 saturated carbocycles. The van der Waals surface area contributed by atoms with Gasteiger partial charge in [0.05, 0.1) is 18.3 Å². The van der Waals surface area contributed by atoms with E-state index in [0.717, 1.165) is 22.4 Å². The number of hydrogen-bond acceptors (Lipinski definition) is 3. The molecule has 0 saturated heterocycles. The van der Waals surface area contributed by atoms with E-state index in [1.54, 1.807) is 23.0 Å². The van der Waals surface area contributed by atoms with Crippen LogP contribution in [0.4, 0.5) is 0 Å². The maximum Gasteiger partial charge on any atom is 0.276 e. The topological polar surface area (TPSA) is 59.5 Å². The molecule has 0 aliphatic heterocycles. The number of rotatable bonds is 4.